The molecule has 1 fully saturated rings. The number of hydrogen-bond acceptors (Lipinski definition) is 6. The number of nitrogens with one attached hydrogen (secondary N) is 1. The minimum Gasteiger partial charge on any atom is -0.312 e. The summed E-state index contributed by atoms with van der Waals surface area (Å²) in [5, 5.41) is 5.79. The third-order valence-corrected chi connectivity index (χ3v) is 5.49. The topological polar surface area (TPSA) is 76.1 Å². The van der Waals surface area contributed by atoms with Crippen molar-refractivity contribution in [1.82, 2.24) is 10.3 Å². The normalized spacial score (nSPS) is 22.8. The number of ketones is 1. The van der Waals surface area contributed by atoms with Gasteiger partial charge in [-0.25, -0.2) is 13.4 Å². The molecule has 0 saturated carbocycles. The molecule has 1 saturated heterocycles. The van der Waals surface area contributed by atoms with Crippen molar-refractivity contribution in [1.29, 1.82) is 0 Å². The Labute approximate surface area is 111 Å². The van der Waals surface area contributed by atoms with Crippen LogP contribution in [0.15, 0.2) is 5.38 Å². The lowest BCUT2D eigenvalue weighted by Crippen LogP contribution is -2.46. The molecular weight excluding hydrogens is 272 g/mol. The van der Waals surface area contributed by atoms with Crippen LogP contribution in [0.5, 0.6) is 0 Å². The third-order valence-electron chi connectivity index (χ3n) is 2.79. The molecule has 1 aromatic rings. The van der Waals surface area contributed by atoms with Gasteiger partial charge in [-0.05, 0) is 6.92 Å². The molecule has 0 spiro atoms. The maximum Gasteiger partial charge on any atom is 0.153 e. The Morgan fingerprint density at radius 2 is 2.39 bits per heavy atom. The minimum absolute atomic E-state index is 0.0407. The van der Waals surface area contributed by atoms with E-state index >= 15 is 0 Å². The lowest BCUT2D eigenvalue weighted by Gasteiger charge is -2.22. The monoisotopic (exact) mass is 288 g/mol. The predicted octanol–water partition coefficient (Wildman–Crippen LogP) is 0.340. The minimum atomic E-state index is -2.97. The molecule has 0 bridgehead atoms. The van der Waals surface area contributed by atoms with Crippen LogP contribution in [0.2, 0.25) is 0 Å². The van der Waals surface area contributed by atoms with Crippen LogP contribution in [0.3, 0.4) is 0 Å². The molecule has 1 atom stereocenters. The van der Waals surface area contributed by atoms with Crippen LogP contribution in [0.4, 0.5) is 0 Å². The Balaban J connectivity index is 1.88. The van der Waals surface area contributed by atoms with Gasteiger partial charge < -0.3 is 5.32 Å². The molecule has 0 amide bonds. The maximum absolute atomic E-state index is 11.8. The summed E-state index contributed by atoms with van der Waals surface area (Å²) in [6, 6.07) is -0.239. The van der Waals surface area contributed by atoms with E-state index in [1.807, 2.05) is 12.3 Å². The summed E-state index contributed by atoms with van der Waals surface area (Å²) in [6.07, 6.45) is 0.564. The van der Waals surface area contributed by atoms with Crippen molar-refractivity contribution >= 4 is 27.0 Å². The average Bonchev–Trinajstić information content (AvgIpc) is 2.62. The Morgan fingerprint density at radius 3 is 3.00 bits per heavy atom. The number of carbonyl (C=O) groups is 1. The van der Waals surface area contributed by atoms with Crippen LogP contribution in [0.1, 0.15) is 17.1 Å². The Morgan fingerprint density at radius 1 is 1.61 bits per heavy atom. The molecule has 0 radical (unpaired) electrons. The van der Waals surface area contributed by atoms with Gasteiger partial charge in [-0.2, -0.15) is 0 Å². The molecule has 1 aliphatic rings. The number of aryl methyl sites for hydroxylation is 1. The molecule has 7 heteroatoms. The molecule has 2 heterocycles. The largest absolute Gasteiger partial charge is 0.312 e. The van der Waals surface area contributed by atoms with Gasteiger partial charge in [-0.3, -0.25) is 4.79 Å². The van der Waals surface area contributed by atoms with Crippen LogP contribution in [0.25, 0.3) is 0 Å². The van der Waals surface area contributed by atoms with E-state index in [9.17, 15) is 13.2 Å². The van der Waals surface area contributed by atoms with Gasteiger partial charge in [0.25, 0.3) is 0 Å². The van der Waals surface area contributed by atoms with Gasteiger partial charge in [0.05, 0.1) is 17.9 Å². The lowest BCUT2D eigenvalue weighted by atomic mass is 10.1. The van der Waals surface area contributed by atoms with E-state index in [0.717, 1.165) is 10.7 Å². The molecule has 1 unspecified atom stereocenters. The summed E-state index contributed by atoms with van der Waals surface area (Å²) in [7, 11) is -2.97. The predicted molar refractivity (Wildman–Crippen MR) is 70.6 cm³/mol. The first-order chi connectivity index (χ1) is 8.44. The summed E-state index contributed by atoms with van der Waals surface area (Å²) in [6.45, 7) is 2.33. The average molecular weight is 288 g/mol. The molecule has 2 rings (SSSR count). The van der Waals surface area contributed by atoms with Crippen LogP contribution >= 0.6 is 11.3 Å². The zero-order chi connectivity index (χ0) is 13.2. The summed E-state index contributed by atoms with van der Waals surface area (Å²) < 4.78 is 22.9. The fourth-order valence-corrected chi connectivity index (χ4v) is 4.24. The van der Waals surface area contributed by atoms with E-state index < -0.39 is 9.84 Å². The summed E-state index contributed by atoms with van der Waals surface area (Å²) in [5.41, 5.74) is 0.918. The second-order valence-electron chi connectivity index (χ2n) is 4.57. The van der Waals surface area contributed by atoms with E-state index in [-0.39, 0.29) is 29.8 Å². The number of rotatable bonds is 4. The molecule has 1 aromatic heterocycles. The molecule has 100 valence electrons. The number of Topliss-reactive ketones (excluding diaryl/α,β-unsaturated/α-hetero) is 1. The number of nitrogens with zero attached hydrogens (tertiary/aromatic N) is 1. The van der Waals surface area contributed by atoms with Crippen molar-refractivity contribution in [3.8, 4) is 0 Å². The number of aromatic nitrogens is 1. The van der Waals surface area contributed by atoms with Gasteiger partial charge in [-0.15, -0.1) is 11.3 Å². The molecule has 18 heavy (non-hydrogen) atoms. The SMILES string of the molecule is Cc1csc(CC(=O)CC2CS(=O)(=O)CCN2)n1. The number of sulfone groups is 1. The molecule has 0 aliphatic carbocycles. The van der Waals surface area contributed by atoms with Crippen LogP contribution in [-0.2, 0) is 21.1 Å². The first-order valence-corrected chi connectivity index (χ1v) is 8.51. The summed E-state index contributed by atoms with van der Waals surface area (Å²) >= 11 is 1.47. The van der Waals surface area contributed by atoms with Gasteiger partial charge in [-0.1, -0.05) is 0 Å². The Kier molecular flexibility index (Phi) is 4.14. The van der Waals surface area contributed by atoms with Gasteiger partial charge in [0.15, 0.2) is 9.84 Å². The van der Waals surface area contributed by atoms with Gasteiger partial charge in [0, 0.05) is 30.1 Å². The summed E-state index contributed by atoms with van der Waals surface area (Å²) in [4.78, 5) is 16.1. The van der Waals surface area contributed by atoms with Gasteiger partial charge >= 0.3 is 0 Å². The van der Waals surface area contributed by atoms with E-state index in [4.69, 9.17) is 0 Å². The van der Waals surface area contributed by atoms with Crippen LogP contribution in [-0.4, -0.2) is 43.3 Å². The van der Waals surface area contributed by atoms with Crippen LogP contribution in [0, 0.1) is 6.92 Å². The smallest absolute Gasteiger partial charge is 0.153 e. The Hall–Kier alpha value is -0.790. The Bertz CT molecular complexity index is 536. The third kappa shape index (κ3) is 3.86. The first kappa shape index (κ1) is 13.6. The van der Waals surface area contributed by atoms with Crippen molar-refractivity contribution in [3.63, 3.8) is 0 Å². The molecule has 5 nitrogen and oxygen atoms in total. The molecule has 0 aromatic carbocycles. The van der Waals surface area contributed by atoms with E-state index in [0.29, 0.717) is 13.0 Å². The second kappa shape index (κ2) is 5.46. The van der Waals surface area contributed by atoms with Crippen molar-refractivity contribution in [2.24, 2.45) is 0 Å². The van der Waals surface area contributed by atoms with Crippen LogP contribution < -0.4 is 5.32 Å². The summed E-state index contributed by atoms with van der Waals surface area (Å²) in [5.74, 6) is 0.276. The molecular formula is C11H16N2O3S2. The number of thiazole rings is 1. The van der Waals surface area contributed by atoms with Gasteiger partial charge in [0.2, 0.25) is 0 Å². The first-order valence-electron chi connectivity index (χ1n) is 5.81. The van der Waals surface area contributed by atoms with E-state index in [2.05, 4.69) is 10.3 Å². The maximum atomic E-state index is 11.8. The van der Waals surface area contributed by atoms with E-state index in [1.54, 1.807) is 0 Å². The van der Waals surface area contributed by atoms with Crippen molar-refractivity contribution in [2.75, 3.05) is 18.1 Å². The highest BCUT2D eigenvalue weighted by Gasteiger charge is 2.26. The quantitative estimate of drug-likeness (QED) is 0.864. The highest BCUT2D eigenvalue weighted by molar-refractivity contribution is 7.91. The van der Waals surface area contributed by atoms with E-state index in [1.165, 1.54) is 11.3 Å². The zero-order valence-electron chi connectivity index (χ0n) is 10.2. The fourth-order valence-electron chi connectivity index (χ4n) is 2.00. The number of carbonyl (C=O) groups excluding carboxylic acids is 1. The van der Waals surface area contributed by atoms with Crippen molar-refractivity contribution in [2.45, 2.75) is 25.8 Å². The standard InChI is InChI=1S/C11H16N2O3S2/c1-8-6-17-11(13-8)5-10(14)4-9-7-18(15,16)3-2-12-9/h6,9,12H,2-5,7H2,1H3. The number of hydrogen-bond donors (Lipinski definition) is 1. The highest BCUT2D eigenvalue weighted by Crippen LogP contribution is 2.12. The molecule has 1 N–H and O–H groups in total. The second-order valence-corrected chi connectivity index (χ2v) is 7.74. The van der Waals surface area contributed by atoms with Crippen molar-refractivity contribution < 1.29 is 13.2 Å². The zero-order valence-corrected chi connectivity index (χ0v) is 11.8. The van der Waals surface area contributed by atoms with Crippen molar-refractivity contribution in [3.05, 3.63) is 16.1 Å². The lowest BCUT2D eigenvalue weighted by molar-refractivity contribution is -0.118. The fraction of sp³-hybridized carbons (Fsp3) is 0.636. The van der Waals surface area contributed by atoms with Gasteiger partial charge in [0.1, 0.15) is 10.8 Å². The highest BCUT2D eigenvalue weighted by atomic mass is 32.2. The molecule has 1 aliphatic heterocycles.